The van der Waals surface area contributed by atoms with E-state index in [0.29, 0.717) is 18.5 Å². The Hall–Kier alpha value is -3.93. The summed E-state index contributed by atoms with van der Waals surface area (Å²) in [6.45, 7) is 6.57. The van der Waals surface area contributed by atoms with E-state index in [1.165, 1.54) is 19.4 Å². The summed E-state index contributed by atoms with van der Waals surface area (Å²) >= 11 is 0. The first-order chi connectivity index (χ1) is 19.8. The lowest BCUT2D eigenvalue weighted by atomic mass is 9.73. The number of aliphatic carboxylic acids is 1. The number of hydrogen-bond donors (Lipinski definition) is 6. The van der Waals surface area contributed by atoms with E-state index in [1.54, 1.807) is 20.8 Å². The van der Waals surface area contributed by atoms with Gasteiger partial charge in [-0.05, 0) is 46.1 Å². The molecule has 6 N–H and O–H groups in total. The van der Waals surface area contributed by atoms with E-state index in [1.807, 2.05) is 30.3 Å². The Morgan fingerprint density at radius 1 is 0.976 bits per heavy atom. The molecule has 0 bridgehead atoms. The fourth-order valence-corrected chi connectivity index (χ4v) is 5.29. The number of nitrogens with one attached hydrogen (secondary N) is 4. The van der Waals surface area contributed by atoms with Crippen LogP contribution in [0.4, 0.5) is 4.79 Å². The van der Waals surface area contributed by atoms with Gasteiger partial charge in [0.25, 0.3) is 0 Å². The van der Waals surface area contributed by atoms with E-state index >= 15 is 0 Å². The smallest absolute Gasteiger partial charge is 0.408 e. The van der Waals surface area contributed by atoms with Crippen LogP contribution in [0.1, 0.15) is 71.1 Å². The predicted octanol–water partition coefficient (Wildman–Crippen LogP) is 2.47. The third-order valence-corrected chi connectivity index (χ3v) is 7.49. The Balaban J connectivity index is 1.82. The van der Waals surface area contributed by atoms with Crippen molar-refractivity contribution in [2.75, 3.05) is 0 Å². The molecule has 3 amide bonds. The number of imidazole rings is 1. The molecule has 12 heteroatoms. The maximum Gasteiger partial charge on any atom is 0.408 e. The summed E-state index contributed by atoms with van der Waals surface area (Å²) in [7, 11) is 0. The number of aliphatic hydroxyl groups is 1. The molecule has 1 saturated carbocycles. The minimum atomic E-state index is -2.17. The van der Waals surface area contributed by atoms with E-state index in [2.05, 4.69) is 25.9 Å². The molecule has 1 aliphatic rings. The maximum atomic E-state index is 13.6. The highest BCUT2D eigenvalue weighted by Crippen LogP contribution is 2.35. The van der Waals surface area contributed by atoms with Crippen molar-refractivity contribution in [1.82, 2.24) is 25.9 Å². The van der Waals surface area contributed by atoms with Gasteiger partial charge < -0.3 is 35.9 Å². The number of aromatic amines is 1. The van der Waals surface area contributed by atoms with Gasteiger partial charge in [-0.25, -0.2) is 14.6 Å². The van der Waals surface area contributed by atoms with E-state index < -0.39 is 59.1 Å². The first-order valence-electron chi connectivity index (χ1n) is 14.4. The highest BCUT2D eigenvalue weighted by atomic mass is 16.6. The third-order valence-electron chi connectivity index (χ3n) is 7.49. The Morgan fingerprint density at radius 2 is 1.60 bits per heavy atom. The number of nitrogens with zero attached hydrogens (tertiary/aromatic N) is 1. The van der Waals surface area contributed by atoms with Crippen LogP contribution in [0.2, 0.25) is 0 Å². The number of rotatable bonds is 12. The highest BCUT2D eigenvalue weighted by Gasteiger charge is 2.49. The number of carboxylic acid groups (broad SMARTS) is 1. The van der Waals surface area contributed by atoms with Gasteiger partial charge in [-0.2, -0.15) is 0 Å². The van der Waals surface area contributed by atoms with Gasteiger partial charge in [-0.1, -0.05) is 49.6 Å². The van der Waals surface area contributed by atoms with Crippen LogP contribution in [0.5, 0.6) is 0 Å². The Bertz CT molecular complexity index is 1190. The van der Waals surface area contributed by atoms with Gasteiger partial charge in [0.15, 0.2) is 5.60 Å². The van der Waals surface area contributed by atoms with Gasteiger partial charge >= 0.3 is 12.1 Å². The van der Waals surface area contributed by atoms with Crippen molar-refractivity contribution in [1.29, 1.82) is 0 Å². The van der Waals surface area contributed by atoms with Crippen LogP contribution in [0.3, 0.4) is 0 Å². The molecule has 1 heterocycles. The molecule has 3 rings (SSSR count). The number of carbonyl (C=O) groups is 4. The summed E-state index contributed by atoms with van der Waals surface area (Å²) in [6.07, 6.45) is 5.91. The molecule has 1 unspecified atom stereocenters. The maximum absolute atomic E-state index is 13.6. The van der Waals surface area contributed by atoms with Crippen LogP contribution in [-0.2, 0) is 32.0 Å². The zero-order chi connectivity index (χ0) is 30.9. The van der Waals surface area contributed by atoms with Crippen LogP contribution in [0, 0.1) is 5.92 Å². The Kier molecular flexibility index (Phi) is 11.1. The van der Waals surface area contributed by atoms with Gasteiger partial charge in [0.05, 0.1) is 12.4 Å². The van der Waals surface area contributed by atoms with Crippen LogP contribution < -0.4 is 16.0 Å². The summed E-state index contributed by atoms with van der Waals surface area (Å²) < 4.78 is 5.36. The summed E-state index contributed by atoms with van der Waals surface area (Å²) in [5.74, 6) is -3.25. The molecule has 1 aliphatic carbocycles. The number of carbonyl (C=O) groups excluding carboxylic acids is 3. The lowest BCUT2D eigenvalue weighted by Crippen LogP contribution is -2.63. The lowest BCUT2D eigenvalue weighted by molar-refractivity contribution is -0.171. The zero-order valence-corrected chi connectivity index (χ0v) is 24.7. The first-order valence-corrected chi connectivity index (χ1v) is 14.4. The number of alkyl carbamates (subject to hydrolysis) is 1. The van der Waals surface area contributed by atoms with Gasteiger partial charge in [-0.15, -0.1) is 0 Å². The fraction of sp³-hybridized carbons (Fsp3) is 0.567. The number of amides is 3. The van der Waals surface area contributed by atoms with E-state index in [-0.39, 0.29) is 12.8 Å². The minimum absolute atomic E-state index is 0.00369. The molecule has 1 fully saturated rings. The topological polar surface area (TPSA) is 183 Å². The fourth-order valence-electron chi connectivity index (χ4n) is 5.29. The van der Waals surface area contributed by atoms with Crippen LogP contribution in [-0.4, -0.2) is 73.4 Å². The number of H-pyrrole nitrogens is 1. The van der Waals surface area contributed by atoms with Gasteiger partial charge in [-0.3, -0.25) is 9.59 Å². The Labute approximate surface area is 246 Å². The average Bonchev–Trinajstić information content (AvgIpc) is 3.45. The van der Waals surface area contributed by atoms with Crippen molar-refractivity contribution in [3.05, 3.63) is 54.1 Å². The van der Waals surface area contributed by atoms with Crippen molar-refractivity contribution in [2.24, 2.45) is 5.92 Å². The minimum Gasteiger partial charge on any atom is -0.479 e. The van der Waals surface area contributed by atoms with Crippen molar-refractivity contribution in [3.63, 3.8) is 0 Å². The number of ether oxygens (including phenoxy) is 1. The van der Waals surface area contributed by atoms with Crippen LogP contribution >= 0.6 is 0 Å². The van der Waals surface area contributed by atoms with E-state index in [4.69, 9.17) is 4.74 Å². The van der Waals surface area contributed by atoms with Crippen molar-refractivity contribution in [2.45, 2.75) is 102 Å². The molecule has 42 heavy (non-hydrogen) atoms. The monoisotopic (exact) mass is 585 g/mol. The van der Waals surface area contributed by atoms with Crippen molar-refractivity contribution >= 4 is 23.9 Å². The summed E-state index contributed by atoms with van der Waals surface area (Å²) in [4.78, 5) is 58.9. The SMILES string of the molecule is C[C@H](NC(=O)[C@H](Cc1cnc[nH]1)NC(=O)[C@H](Cc1ccccc1)NC(=O)OC(C)(C)C)C(O)(C(=O)O)C1CCCCC1. The lowest BCUT2D eigenvalue weighted by Gasteiger charge is -2.39. The number of hydrogen-bond acceptors (Lipinski definition) is 7. The number of carboxylic acids is 1. The van der Waals surface area contributed by atoms with Crippen LogP contribution in [0.15, 0.2) is 42.9 Å². The molecular weight excluding hydrogens is 542 g/mol. The number of benzene rings is 1. The molecule has 1 aromatic heterocycles. The quantitative estimate of drug-likeness (QED) is 0.220. The van der Waals surface area contributed by atoms with E-state index in [0.717, 1.165) is 24.8 Å². The third kappa shape index (κ3) is 9.04. The Morgan fingerprint density at radius 3 is 2.17 bits per heavy atom. The summed E-state index contributed by atoms with van der Waals surface area (Å²) in [6, 6.07) is 5.66. The second-order valence-electron chi connectivity index (χ2n) is 11.9. The molecule has 1 aromatic carbocycles. The zero-order valence-electron chi connectivity index (χ0n) is 24.7. The normalized spacial score (nSPS) is 17.6. The summed E-state index contributed by atoms with van der Waals surface area (Å²) in [5, 5.41) is 29.3. The predicted molar refractivity (Wildman–Crippen MR) is 154 cm³/mol. The molecular formula is C30H43N5O7. The van der Waals surface area contributed by atoms with E-state index in [9.17, 15) is 29.4 Å². The molecule has 0 spiro atoms. The average molecular weight is 586 g/mol. The van der Waals surface area contributed by atoms with Crippen LogP contribution in [0.25, 0.3) is 0 Å². The number of aromatic nitrogens is 2. The first kappa shape index (κ1) is 32.6. The standard InChI is InChI=1S/C30H43N5O7/c1-19(30(41,27(38)39)21-13-9-6-10-14-21)33-25(36)24(16-22-17-31-18-32-22)34-26(37)23(15-20-11-7-5-8-12-20)35-28(40)42-29(2,3)4/h5,7-8,11-12,17-19,21,23-24,41H,6,9-10,13-16H2,1-4H3,(H,31,32)(H,33,36)(H,34,37)(H,35,40)(H,38,39)/t19-,23-,24-,30?/m0/s1. The summed E-state index contributed by atoms with van der Waals surface area (Å²) in [5.41, 5.74) is -1.65. The van der Waals surface area contributed by atoms with Crippen molar-refractivity contribution in [3.8, 4) is 0 Å². The van der Waals surface area contributed by atoms with Gasteiger partial charge in [0.2, 0.25) is 11.8 Å². The molecule has 2 aromatic rings. The second-order valence-corrected chi connectivity index (χ2v) is 11.9. The van der Waals surface area contributed by atoms with Crippen molar-refractivity contribution < 1.29 is 34.1 Å². The molecule has 0 radical (unpaired) electrons. The molecule has 230 valence electrons. The van der Waals surface area contributed by atoms with Gasteiger partial charge in [0, 0.05) is 30.7 Å². The molecule has 0 aliphatic heterocycles. The molecule has 4 atom stereocenters. The molecule has 0 saturated heterocycles. The highest BCUT2D eigenvalue weighted by molar-refractivity contribution is 5.92. The molecule has 12 nitrogen and oxygen atoms in total. The van der Waals surface area contributed by atoms with Gasteiger partial charge in [0.1, 0.15) is 17.7 Å². The largest absolute Gasteiger partial charge is 0.479 e. The second kappa shape index (κ2) is 14.3.